The molecule has 2 heteroatoms. The van der Waals surface area contributed by atoms with Crippen LogP contribution in [0.5, 0.6) is 0 Å². The average molecular weight is 326 g/mol. The fraction of sp³-hybridized carbons (Fsp3) is 0.952. The van der Waals surface area contributed by atoms with Crippen molar-refractivity contribution in [3.8, 4) is 0 Å². The zero-order valence-electron chi connectivity index (χ0n) is 16.9. The van der Waals surface area contributed by atoms with Crippen molar-refractivity contribution in [3.05, 3.63) is 0 Å². The molecule has 0 aromatic rings. The van der Waals surface area contributed by atoms with Gasteiger partial charge < -0.3 is 5.32 Å². The Morgan fingerprint density at radius 3 is 1.52 bits per heavy atom. The van der Waals surface area contributed by atoms with Crippen LogP contribution in [0.4, 0.5) is 0 Å². The molecular weight excluding hydrogens is 282 g/mol. The van der Waals surface area contributed by atoms with Gasteiger partial charge in [0.15, 0.2) is 0 Å². The third-order valence-corrected chi connectivity index (χ3v) is 4.12. The Hall–Kier alpha value is -0.530. The summed E-state index contributed by atoms with van der Waals surface area (Å²) in [5, 5.41) is 3.04. The van der Waals surface area contributed by atoms with Crippen molar-refractivity contribution in [2.24, 2.45) is 10.8 Å². The van der Waals surface area contributed by atoms with Crippen LogP contribution >= 0.6 is 0 Å². The summed E-state index contributed by atoms with van der Waals surface area (Å²) in [6, 6.07) is 0. The van der Waals surface area contributed by atoms with Crippen LogP contribution in [0, 0.1) is 10.8 Å². The number of carbonyl (C=O) groups is 1. The van der Waals surface area contributed by atoms with Gasteiger partial charge in [-0.3, -0.25) is 4.79 Å². The highest BCUT2D eigenvalue weighted by atomic mass is 16.1. The first-order chi connectivity index (χ1) is 10.6. The van der Waals surface area contributed by atoms with Crippen LogP contribution < -0.4 is 5.32 Å². The van der Waals surface area contributed by atoms with Crippen molar-refractivity contribution in [3.63, 3.8) is 0 Å². The van der Waals surface area contributed by atoms with E-state index in [1.807, 2.05) is 0 Å². The molecule has 0 aliphatic carbocycles. The third kappa shape index (κ3) is 19.4. The Bertz CT molecular complexity index is 296. The maximum Gasteiger partial charge on any atom is 0.220 e. The summed E-state index contributed by atoms with van der Waals surface area (Å²) in [6.45, 7) is 14.2. The van der Waals surface area contributed by atoms with E-state index in [2.05, 4.69) is 46.9 Å². The number of hydrogen-bond acceptors (Lipinski definition) is 1. The Morgan fingerprint density at radius 1 is 0.652 bits per heavy atom. The first kappa shape index (κ1) is 22.5. The smallest absolute Gasteiger partial charge is 0.220 e. The van der Waals surface area contributed by atoms with Gasteiger partial charge in [0.05, 0.1) is 0 Å². The summed E-state index contributed by atoms with van der Waals surface area (Å²) >= 11 is 0. The number of nitrogens with one attached hydrogen (secondary N) is 1. The summed E-state index contributed by atoms with van der Waals surface area (Å²) in [7, 11) is 0. The second-order valence-electron chi connectivity index (χ2n) is 9.58. The molecule has 0 atom stereocenters. The molecule has 0 saturated carbocycles. The zero-order chi connectivity index (χ0) is 17.8. The largest absolute Gasteiger partial charge is 0.356 e. The van der Waals surface area contributed by atoms with E-state index in [9.17, 15) is 4.79 Å². The van der Waals surface area contributed by atoms with Crippen molar-refractivity contribution in [2.75, 3.05) is 6.54 Å². The molecule has 0 heterocycles. The topological polar surface area (TPSA) is 29.1 Å². The molecule has 1 amide bonds. The summed E-state index contributed by atoms with van der Waals surface area (Å²) in [4.78, 5) is 11.7. The van der Waals surface area contributed by atoms with Gasteiger partial charge in [-0.05, 0) is 23.7 Å². The molecule has 0 saturated heterocycles. The van der Waals surface area contributed by atoms with Gasteiger partial charge in [-0.25, -0.2) is 0 Å². The number of unbranched alkanes of at least 4 members (excludes halogenated alkanes) is 8. The van der Waals surface area contributed by atoms with Gasteiger partial charge in [-0.15, -0.1) is 0 Å². The van der Waals surface area contributed by atoms with E-state index < -0.39 is 0 Å². The van der Waals surface area contributed by atoms with E-state index in [0.29, 0.717) is 11.8 Å². The minimum atomic E-state index is 0.0942. The summed E-state index contributed by atoms with van der Waals surface area (Å²) in [6.07, 6.45) is 14.0. The quantitative estimate of drug-likeness (QED) is 0.408. The molecule has 0 aliphatic heterocycles. The van der Waals surface area contributed by atoms with Crippen LogP contribution in [0.1, 0.15) is 112 Å². The van der Waals surface area contributed by atoms with Gasteiger partial charge in [0.1, 0.15) is 0 Å². The van der Waals surface area contributed by atoms with Crippen LogP contribution in [0.3, 0.4) is 0 Å². The Balaban J connectivity index is 3.24. The summed E-state index contributed by atoms with van der Waals surface area (Å²) in [5.41, 5.74) is 0.596. The minimum absolute atomic E-state index is 0.0942. The van der Waals surface area contributed by atoms with Gasteiger partial charge in [-0.2, -0.15) is 0 Å². The highest BCUT2D eigenvalue weighted by Crippen LogP contribution is 2.22. The lowest BCUT2D eigenvalue weighted by Gasteiger charge is -2.17. The summed E-state index contributed by atoms with van der Waals surface area (Å²) in [5.74, 6) is 0.202. The molecule has 138 valence electrons. The molecular formula is C21H43NO. The maximum atomic E-state index is 11.7. The van der Waals surface area contributed by atoms with Crippen molar-refractivity contribution < 1.29 is 4.79 Å². The monoisotopic (exact) mass is 325 g/mol. The molecule has 0 aromatic heterocycles. The molecule has 0 radical (unpaired) electrons. The lowest BCUT2D eigenvalue weighted by molar-refractivity contribution is -0.122. The van der Waals surface area contributed by atoms with Gasteiger partial charge in [0, 0.05) is 13.0 Å². The number of carbonyl (C=O) groups excluding carboxylic acids is 1. The molecule has 0 aliphatic rings. The average Bonchev–Trinajstić information content (AvgIpc) is 2.36. The van der Waals surface area contributed by atoms with E-state index in [4.69, 9.17) is 0 Å². The SMILES string of the molecule is CC(C)(C)CCCCCCCCCCCNC(=O)CC(C)(C)C. The first-order valence-corrected chi connectivity index (χ1v) is 9.87. The predicted molar refractivity (Wildman–Crippen MR) is 103 cm³/mol. The van der Waals surface area contributed by atoms with Crippen LogP contribution in [0.25, 0.3) is 0 Å². The molecule has 0 aromatic carbocycles. The predicted octanol–water partition coefficient (Wildman–Crippen LogP) is 6.49. The van der Waals surface area contributed by atoms with Gasteiger partial charge in [-0.1, -0.05) is 92.9 Å². The van der Waals surface area contributed by atoms with Crippen LogP contribution in [-0.4, -0.2) is 12.5 Å². The molecule has 0 spiro atoms. The molecule has 1 N–H and O–H groups in total. The van der Waals surface area contributed by atoms with Crippen molar-refractivity contribution in [1.82, 2.24) is 5.32 Å². The maximum absolute atomic E-state index is 11.7. The molecule has 0 unspecified atom stereocenters. The highest BCUT2D eigenvalue weighted by Gasteiger charge is 2.15. The Labute approximate surface area is 146 Å². The van der Waals surface area contributed by atoms with E-state index in [1.165, 1.54) is 57.8 Å². The third-order valence-electron chi connectivity index (χ3n) is 4.12. The number of amides is 1. The van der Waals surface area contributed by atoms with Gasteiger partial charge in [0.25, 0.3) is 0 Å². The van der Waals surface area contributed by atoms with Crippen molar-refractivity contribution in [2.45, 2.75) is 112 Å². The van der Waals surface area contributed by atoms with E-state index in [1.54, 1.807) is 0 Å². The Morgan fingerprint density at radius 2 is 1.09 bits per heavy atom. The fourth-order valence-corrected chi connectivity index (χ4v) is 2.79. The van der Waals surface area contributed by atoms with Gasteiger partial charge in [0.2, 0.25) is 5.91 Å². The van der Waals surface area contributed by atoms with Crippen molar-refractivity contribution in [1.29, 1.82) is 0 Å². The lowest BCUT2D eigenvalue weighted by Crippen LogP contribution is -2.28. The lowest BCUT2D eigenvalue weighted by atomic mass is 9.89. The molecule has 0 bridgehead atoms. The zero-order valence-corrected chi connectivity index (χ0v) is 16.9. The van der Waals surface area contributed by atoms with Crippen molar-refractivity contribution >= 4 is 5.91 Å². The molecule has 0 rings (SSSR count). The summed E-state index contributed by atoms with van der Waals surface area (Å²) < 4.78 is 0. The molecule has 2 nitrogen and oxygen atoms in total. The fourth-order valence-electron chi connectivity index (χ4n) is 2.79. The second-order valence-corrected chi connectivity index (χ2v) is 9.58. The van der Waals surface area contributed by atoms with Crippen LogP contribution in [0.2, 0.25) is 0 Å². The first-order valence-electron chi connectivity index (χ1n) is 9.87. The normalized spacial score (nSPS) is 12.4. The van der Waals surface area contributed by atoms with E-state index >= 15 is 0 Å². The number of hydrogen-bond donors (Lipinski definition) is 1. The molecule has 23 heavy (non-hydrogen) atoms. The molecule has 0 fully saturated rings. The van der Waals surface area contributed by atoms with Crippen LogP contribution in [-0.2, 0) is 4.79 Å². The van der Waals surface area contributed by atoms with E-state index in [0.717, 1.165) is 13.0 Å². The minimum Gasteiger partial charge on any atom is -0.356 e. The van der Waals surface area contributed by atoms with E-state index in [-0.39, 0.29) is 11.3 Å². The second kappa shape index (κ2) is 11.9. The Kier molecular flexibility index (Phi) is 11.6. The number of rotatable bonds is 12. The standard InChI is InChI=1S/C21H43NO/c1-20(2,3)16-14-12-10-8-7-9-11-13-15-17-22-19(23)18-21(4,5)6/h7-18H2,1-6H3,(H,22,23). The highest BCUT2D eigenvalue weighted by molar-refractivity contribution is 5.76. The van der Waals surface area contributed by atoms with Gasteiger partial charge >= 0.3 is 0 Å². The van der Waals surface area contributed by atoms with Crippen LogP contribution in [0.15, 0.2) is 0 Å².